The lowest BCUT2D eigenvalue weighted by Crippen LogP contribution is -2.50. The molecule has 1 aliphatic heterocycles. The van der Waals surface area contributed by atoms with Crippen LogP contribution in [0.3, 0.4) is 0 Å². The quantitative estimate of drug-likeness (QED) is 0.725. The van der Waals surface area contributed by atoms with E-state index in [-0.39, 0.29) is 6.09 Å². The summed E-state index contributed by atoms with van der Waals surface area (Å²) in [4.78, 5) is 22.4. The molecule has 0 saturated carbocycles. The van der Waals surface area contributed by atoms with Gasteiger partial charge in [0.25, 0.3) is 0 Å². The highest BCUT2D eigenvalue weighted by Gasteiger charge is 2.23. The van der Waals surface area contributed by atoms with Gasteiger partial charge in [-0.1, -0.05) is 23.0 Å². The Balaban J connectivity index is 1.54. The van der Waals surface area contributed by atoms with Crippen molar-refractivity contribution in [1.29, 1.82) is 0 Å². The van der Waals surface area contributed by atoms with E-state index in [1.54, 1.807) is 17.3 Å². The van der Waals surface area contributed by atoms with Gasteiger partial charge >= 0.3 is 6.09 Å². The molecule has 0 bridgehead atoms. The summed E-state index contributed by atoms with van der Waals surface area (Å²) < 4.78 is 0.925. The minimum Gasteiger partial charge on any atom is -0.368 e. The SMILES string of the molecule is O=C(On1cc(I)cn1)N1CCN(c2ccccc2)CC1. The van der Waals surface area contributed by atoms with E-state index in [1.165, 1.54) is 10.5 Å². The van der Waals surface area contributed by atoms with Gasteiger partial charge in [0, 0.05) is 31.9 Å². The number of amides is 1. The minimum atomic E-state index is -0.359. The van der Waals surface area contributed by atoms with E-state index >= 15 is 0 Å². The fourth-order valence-corrected chi connectivity index (χ4v) is 2.62. The molecule has 2 aromatic rings. The normalized spacial score (nSPS) is 15.1. The predicted molar refractivity (Wildman–Crippen MR) is 87.1 cm³/mol. The maximum atomic E-state index is 12.0. The van der Waals surface area contributed by atoms with Crippen LogP contribution in [0.1, 0.15) is 0 Å². The zero-order valence-corrected chi connectivity index (χ0v) is 13.5. The van der Waals surface area contributed by atoms with E-state index in [1.807, 2.05) is 18.2 Å². The average molecular weight is 398 g/mol. The van der Waals surface area contributed by atoms with Crippen molar-refractivity contribution in [3.63, 3.8) is 0 Å². The first kappa shape index (κ1) is 14.2. The van der Waals surface area contributed by atoms with Gasteiger partial charge in [-0.05, 0) is 34.7 Å². The van der Waals surface area contributed by atoms with Crippen LogP contribution < -0.4 is 9.74 Å². The molecule has 7 heteroatoms. The molecule has 21 heavy (non-hydrogen) atoms. The standard InChI is InChI=1S/C14H15IN4O2/c15-12-10-16-19(11-12)21-14(20)18-8-6-17(7-9-18)13-4-2-1-3-5-13/h1-5,10-11H,6-9H2. The van der Waals surface area contributed by atoms with Gasteiger partial charge in [0.15, 0.2) is 0 Å². The van der Waals surface area contributed by atoms with Gasteiger partial charge in [0.1, 0.15) is 0 Å². The Bertz CT molecular complexity index is 608. The fourth-order valence-electron chi connectivity index (χ4n) is 2.26. The average Bonchev–Trinajstić information content (AvgIpc) is 2.93. The first-order chi connectivity index (χ1) is 10.2. The topological polar surface area (TPSA) is 50.6 Å². The highest BCUT2D eigenvalue weighted by molar-refractivity contribution is 14.1. The number of aromatic nitrogens is 2. The number of piperazine rings is 1. The highest BCUT2D eigenvalue weighted by atomic mass is 127. The monoisotopic (exact) mass is 398 g/mol. The fraction of sp³-hybridized carbons (Fsp3) is 0.286. The van der Waals surface area contributed by atoms with Crippen LogP contribution in [-0.2, 0) is 0 Å². The van der Waals surface area contributed by atoms with Crippen molar-refractivity contribution >= 4 is 34.4 Å². The summed E-state index contributed by atoms with van der Waals surface area (Å²) in [7, 11) is 0. The van der Waals surface area contributed by atoms with Crippen molar-refractivity contribution in [1.82, 2.24) is 14.8 Å². The summed E-state index contributed by atoms with van der Waals surface area (Å²) in [5.41, 5.74) is 1.19. The van der Waals surface area contributed by atoms with E-state index in [9.17, 15) is 4.79 Å². The third-order valence-electron chi connectivity index (χ3n) is 3.36. The van der Waals surface area contributed by atoms with Gasteiger partial charge < -0.3 is 9.80 Å². The van der Waals surface area contributed by atoms with Crippen molar-refractivity contribution < 1.29 is 9.63 Å². The Labute approximate surface area is 136 Å². The molecule has 6 nitrogen and oxygen atoms in total. The van der Waals surface area contributed by atoms with Gasteiger partial charge in [0.05, 0.1) is 16.0 Å². The Hall–Kier alpha value is -1.77. The summed E-state index contributed by atoms with van der Waals surface area (Å²) in [6.07, 6.45) is 2.95. The molecule has 110 valence electrons. The number of carbonyl (C=O) groups is 1. The van der Waals surface area contributed by atoms with E-state index < -0.39 is 0 Å². The van der Waals surface area contributed by atoms with Crippen molar-refractivity contribution in [2.75, 3.05) is 31.1 Å². The molecule has 0 atom stereocenters. The molecule has 1 fully saturated rings. The van der Waals surface area contributed by atoms with E-state index in [0.717, 1.165) is 16.7 Å². The number of rotatable bonds is 2. The van der Waals surface area contributed by atoms with Crippen LogP contribution >= 0.6 is 22.6 Å². The summed E-state index contributed by atoms with van der Waals surface area (Å²) >= 11 is 2.12. The largest absolute Gasteiger partial charge is 0.436 e. The maximum Gasteiger partial charge on any atom is 0.436 e. The lowest BCUT2D eigenvalue weighted by molar-refractivity contribution is 0.0769. The molecule has 3 rings (SSSR count). The second-order valence-corrected chi connectivity index (χ2v) is 5.97. The third-order valence-corrected chi connectivity index (χ3v) is 3.92. The number of anilines is 1. The number of nitrogens with zero attached hydrogens (tertiary/aromatic N) is 4. The molecule has 1 aliphatic rings. The van der Waals surface area contributed by atoms with Crippen molar-refractivity contribution in [2.45, 2.75) is 0 Å². The van der Waals surface area contributed by atoms with Gasteiger partial charge in [-0.2, -0.15) is 0 Å². The van der Waals surface area contributed by atoms with Crippen LogP contribution in [0.15, 0.2) is 42.7 Å². The summed E-state index contributed by atoms with van der Waals surface area (Å²) in [6, 6.07) is 10.2. The third kappa shape index (κ3) is 3.46. The lowest BCUT2D eigenvalue weighted by atomic mass is 10.2. The molecular formula is C14H15IN4O2. The smallest absolute Gasteiger partial charge is 0.368 e. The molecule has 2 heterocycles. The van der Waals surface area contributed by atoms with Crippen LogP contribution in [0.2, 0.25) is 0 Å². The number of para-hydroxylation sites is 1. The van der Waals surface area contributed by atoms with Gasteiger partial charge in [-0.25, -0.2) is 4.79 Å². The Morgan fingerprint density at radius 3 is 2.48 bits per heavy atom. The van der Waals surface area contributed by atoms with Crippen LogP contribution in [-0.4, -0.2) is 47.1 Å². The number of hydrogen-bond acceptors (Lipinski definition) is 4. The number of benzene rings is 1. The summed E-state index contributed by atoms with van der Waals surface area (Å²) in [5.74, 6) is 0. The van der Waals surface area contributed by atoms with Gasteiger partial charge in [0.2, 0.25) is 0 Å². The zero-order valence-electron chi connectivity index (χ0n) is 11.4. The first-order valence-corrected chi connectivity index (χ1v) is 7.78. The first-order valence-electron chi connectivity index (χ1n) is 6.70. The molecule has 0 unspecified atom stereocenters. The van der Waals surface area contributed by atoms with E-state index in [4.69, 9.17) is 4.84 Å². The Morgan fingerprint density at radius 2 is 1.86 bits per heavy atom. The molecule has 1 amide bonds. The van der Waals surface area contributed by atoms with E-state index in [2.05, 4.69) is 44.7 Å². The lowest BCUT2D eigenvalue weighted by Gasteiger charge is -2.35. The molecule has 1 aromatic heterocycles. The summed E-state index contributed by atoms with van der Waals surface area (Å²) in [5, 5.41) is 3.94. The molecule has 1 saturated heterocycles. The van der Waals surface area contributed by atoms with Gasteiger partial charge in [-0.15, -0.1) is 5.10 Å². The molecule has 0 N–H and O–H groups in total. The van der Waals surface area contributed by atoms with E-state index in [0.29, 0.717) is 13.1 Å². The van der Waals surface area contributed by atoms with Crippen molar-refractivity contribution in [2.24, 2.45) is 0 Å². The Morgan fingerprint density at radius 1 is 1.14 bits per heavy atom. The van der Waals surface area contributed by atoms with Crippen molar-refractivity contribution in [3.8, 4) is 0 Å². The predicted octanol–water partition coefficient (Wildman–Crippen LogP) is 1.86. The molecule has 0 radical (unpaired) electrons. The molecule has 1 aromatic carbocycles. The van der Waals surface area contributed by atoms with Crippen molar-refractivity contribution in [3.05, 3.63) is 46.3 Å². The number of hydrogen-bond donors (Lipinski definition) is 0. The zero-order chi connectivity index (χ0) is 14.7. The highest BCUT2D eigenvalue weighted by Crippen LogP contribution is 2.15. The van der Waals surface area contributed by atoms with Gasteiger partial charge in [-0.3, -0.25) is 4.84 Å². The molecule has 0 aliphatic carbocycles. The van der Waals surface area contributed by atoms with Crippen LogP contribution in [0.4, 0.5) is 10.5 Å². The van der Waals surface area contributed by atoms with Crippen LogP contribution in [0, 0.1) is 3.57 Å². The summed E-state index contributed by atoms with van der Waals surface area (Å²) in [6.45, 7) is 2.89. The second kappa shape index (κ2) is 6.33. The number of carbonyl (C=O) groups excluding carboxylic acids is 1. The van der Waals surface area contributed by atoms with Crippen LogP contribution in [0.5, 0.6) is 0 Å². The molecular weight excluding hydrogens is 383 g/mol. The van der Waals surface area contributed by atoms with Crippen LogP contribution in [0.25, 0.3) is 0 Å². The molecule has 0 spiro atoms. The maximum absolute atomic E-state index is 12.0. The number of halogens is 1. The Kier molecular flexibility index (Phi) is 4.28. The second-order valence-electron chi connectivity index (χ2n) is 4.73. The minimum absolute atomic E-state index is 0.359.